The summed E-state index contributed by atoms with van der Waals surface area (Å²) in [6.07, 6.45) is 4.99. The highest BCUT2D eigenvalue weighted by Gasteiger charge is 2.03. The van der Waals surface area contributed by atoms with Gasteiger partial charge in [0.05, 0.1) is 10.2 Å². The minimum absolute atomic E-state index is 0.615. The molecule has 0 saturated carbocycles. The van der Waals surface area contributed by atoms with Crippen LogP contribution in [-0.4, -0.2) is 11.5 Å². The maximum absolute atomic E-state index is 5.68. The van der Waals surface area contributed by atoms with Crippen molar-refractivity contribution in [1.29, 1.82) is 0 Å². The minimum Gasteiger partial charge on any atom is -0.375 e. The molecular formula is C11H13N3S. The molecule has 0 amide bonds. The van der Waals surface area contributed by atoms with Gasteiger partial charge in [0.1, 0.15) is 0 Å². The Labute approximate surface area is 92.4 Å². The Morgan fingerprint density at radius 2 is 2.27 bits per heavy atom. The van der Waals surface area contributed by atoms with Crippen LogP contribution in [0, 0.1) is 0 Å². The fourth-order valence-corrected chi connectivity index (χ4v) is 2.20. The van der Waals surface area contributed by atoms with E-state index in [1.54, 1.807) is 0 Å². The quantitative estimate of drug-likeness (QED) is 0.832. The summed E-state index contributed by atoms with van der Waals surface area (Å²) in [5.41, 5.74) is 13.2. The molecule has 0 bridgehead atoms. The largest absolute Gasteiger partial charge is 0.375 e. The summed E-state index contributed by atoms with van der Waals surface area (Å²) in [5.74, 6) is 0. The van der Waals surface area contributed by atoms with Crippen molar-refractivity contribution >= 4 is 32.8 Å². The predicted octanol–water partition coefficient (Wildman–Crippen LogP) is 2.24. The number of nitrogen functional groups attached to an aromatic ring is 1. The van der Waals surface area contributed by atoms with Gasteiger partial charge in [-0.1, -0.05) is 35.6 Å². The third kappa shape index (κ3) is 2.16. The van der Waals surface area contributed by atoms with Crippen molar-refractivity contribution in [3.05, 3.63) is 29.8 Å². The lowest BCUT2D eigenvalue weighted by molar-refractivity contribution is 1.01. The number of hydrogen-bond donors (Lipinski definition) is 2. The number of nitrogens with zero attached hydrogens (tertiary/aromatic N) is 1. The van der Waals surface area contributed by atoms with Crippen LogP contribution in [0.25, 0.3) is 16.3 Å². The van der Waals surface area contributed by atoms with Gasteiger partial charge in [-0.2, -0.15) is 0 Å². The molecule has 0 saturated heterocycles. The summed E-state index contributed by atoms with van der Waals surface area (Å²) < 4.78 is 1.13. The van der Waals surface area contributed by atoms with E-state index in [0.29, 0.717) is 11.7 Å². The molecule has 15 heavy (non-hydrogen) atoms. The summed E-state index contributed by atoms with van der Waals surface area (Å²) in [4.78, 5) is 4.31. The van der Waals surface area contributed by atoms with E-state index < -0.39 is 0 Å². The molecule has 0 fully saturated rings. The molecule has 1 heterocycles. The van der Waals surface area contributed by atoms with Crippen LogP contribution in [0.4, 0.5) is 5.13 Å². The topological polar surface area (TPSA) is 64.9 Å². The van der Waals surface area contributed by atoms with Crippen molar-refractivity contribution in [2.75, 3.05) is 12.3 Å². The lowest BCUT2D eigenvalue weighted by Gasteiger charge is -1.94. The molecule has 0 unspecified atom stereocenters. The highest BCUT2D eigenvalue weighted by Crippen LogP contribution is 2.26. The van der Waals surface area contributed by atoms with Crippen molar-refractivity contribution < 1.29 is 0 Å². The summed E-state index contributed by atoms with van der Waals surface area (Å²) in [7, 11) is 0. The maximum atomic E-state index is 5.68. The first kappa shape index (κ1) is 10.1. The predicted molar refractivity (Wildman–Crippen MR) is 66.7 cm³/mol. The van der Waals surface area contributed by atoms with E-state index in [1.807, 2.05) is 24.3 Å². The van der Waals surface area contributed by atoms with E-state index in [0.717, 1.165) is 22.2 Å². The molecule has 0 spiro atoms. The number of aromatic nitrogens is 1. The zero-order valence-corrected chi connectivity index (χ0v) is 9.13. The van der Waals surface area contributed by atoms with Crippen LogP contribution in [-0.2, 0) is 0 Å². The number of anilines is 1. The van der Waals surface area contributed by atoms with E-state index >= 15 is 0 Å². The second kappa shape index (κ2) is 4.42. The Kier molecular flexibility index (Phi) is 2.99. The Bertz CT molecular complexity index is 488. The fourth-order valence-electron chi connectivity index (χ4n) is 1.43. The number of para-hydroxylation sites is 1. The zero-order valence-electron chi connectivity index (χ0n) is 8.31. The van der Waals surface area contributed by atoms with Gasteiger partial charge in [-0.15, -0.1) is 0 Å². The lowest BCUT2D eigenvalue weighted by atomic mass is 10.2. The summed E-state index contributed by atoms with van der Waals surface area (Å²) in [5, 5.41) is 0.615. The third-order valence-electron chi connectivity index (χ3n) is 2.10. The molecule has 0 radical (unpaired) electrons. The lowest BCUT2D eigenvalue weighted by Crippen LogP contribution is -1.94. The molecule has 0 aliphatic rings. The van der Waals surface area contributed by atoms with Gasteiger partial charge >= 0.3 is 0 Å². The average Bonchev–Trinajstić information content (AvgIpc) is 2.59. The minimum atomic E-state index is 0.615. The highest BCUT2D eigenvalue weighted by molar-refractivity contribution is 7.22. The number of nitrogens with two attached hydrogens (primary N) is 2. The molecule has 4 N–H and O–H groups in total. The number of fused-ring (bicyclic) bond motifs is 1. The van der Waals surface area contributed by atoms with E-state index in [9.17, 15) is 0 Å². The molecule has 1 aromatic carbocycles. The molecule has 4 heteroatoms. The summed E-state index contributed by atoms with van der Waals surface area (Å²) in [6.45, 7) is 0.672. The van der Waals surface area contributed by atoms with Crippen LogP contribution >= 0.6 is 11.3 Å². The standard InChI is InChI=1S/C11H13N3S/c12-7-2-1-4-8-5-3-6-9-10(8)14-11(13)15-9/h1,3-6H,2,7,12H2,(H2,13,14). The Morgan fingerprint density at radius 3 is 3.07 bits per heavy atom. The van der Waals surface area contributed by atoms with Gasteiger partial charge in [0, 0.05) is 5.56 Å². The second-order valence-electron chi connectivity index (χ2n) is 3.23. The van der Waals surface area contributed by atoms with Crippen LogP contribution < -0.4 is 11.5 Å². The average molecular weight is 219 g/mol. The van der Waals surface area contributed by atoms with Crippen molar-refractivity contribution in [3.8, 4) is 0 Å². The van der Waals surface area contributed by atoms with Crippen molar-refractivity contribution in [2.45, 2.75) is 6.42 Å². The Balaban J connectivity index is 2.41. The van der Waals surface area contributed by atoms with Gasteiger partial charge in [0.25, 0.3) is 0 Å². The van der Waals surface area contributed by atoms with Gasteiger partial charge in [0.2, 0.25) is 0 Å². The first-order valence-corrected chi connectivity index (χ1v) is 5.64. The van der Waals surface area contributed by atoms with Crippen LogP contribution in [0.1, 0.15) is 12.0 Å². The normalized spacial score (nSPS) is 11.5. The molecule has 2 rings (SSSR count). The van der Waals surface area contributed by atoms with Crippen LogP contribution in [0.15, 0.2) is 24.3 Å². The molecule has 78 valence electrons. The molecule has 0 atom stereocenters. The molecule has 0 aliphatic carbocycles. The van der Waals surface area contributed by atoms with Crippen molar-refractivity contribution in [3.63, 3.8) is 0 Å². The van der Waals surface area contributed by atoms with E-state index in [2.05, 4.69) is 11.1 Å². The smallest absolute Gasteiger partial charge is 0.181 e. The SMILES string of the molecule is NCCC=Cc1cccc2sc(N)nc12. The molecule has 1 aromatic heterocycles. The number of hydrogen-bond acceptors (Lipinski definition) is 4. The Hall–Kier alpha value is -1.39. The number of rotatable bonds is 3. The summed E-state index contributed by atoms with van der Waals surface area (Å²) >= 11 is 1.51. The molecule has 3 nitrogen and oxygen atoms in total. The van der Waals surface area contributed by atoms with Crippen LogP contribution in [0.3, 0.4) is 0 Å². The second-order valence-corrected chi connectivity index (χ2v) is 4.29. The van der Waals surface area contributed by atoms with Crippen molar-refractivity contribution in [2.24, 2.45) is 5.73 Å². The van der Waals surface area contributed by atoms with E-state index in [-0.39, 0.29) is 0 Å². The first-order valence-electron chi connectivity index (χ1n) is 4.83. The first-order chi connectivity index (χ1) is 7.31. The van der Waals surface area contributed by atoms with Gasteiger partial charge < -0.3 is 11.5 Å². The number of thiazole rings is 1. The van der Waals surface area contributed by atoms with Crippen LogP contribution in [0.5, 0.6) is 0 Å². The maximum Gasteiger partial charge on any atom is 0.181 e. The Morgan fingerprint density at radius 1 is 1.40 bits per heavy atom. The van der Waals surface area contributed by atoms with E-state index in [1.165, 1.54) is 11.3 Å². The van der Waals surface area contributed by atoms with Gasteiger partial charge in [-0.05, 0) is 19.0 Å². The van der Waals surface area contributed by atoms with Crippen molar-refractivity contribution in [1.82, 2.24) is 4.98 Å². The molecule has 2 aromatic rings. The van der Waals surface area contributed by atoms with Gasteiger partial charge in [0.15, 0.2) is 5.13 Å². The van der Waals surface area contributed by atoms with Gasteiger partial charge in [-0.25, -0.2) is 4.98 Å². The zero-order chi connectivity index (χ0) is 10.7. The fraction of sp³-hybridized carbons (Fsp3) is 0.182. The third-order valence-corrected chi connectivity index (χ3v) is 2.95. The van der Waals surface area contributed by atoms with E-state index in [4.69, 9.17) is 11.5 Å². The highest BCUT2D eigenvalue weighted by atomic mass is 32.1. The van der Waals surface area contributed by atoms with Crippen LogP contribution in [0.2, 0.25) is 0 Å². The molecule has 0 aliphatic heterocycles. The van der Waals surface area contributed by atoms with Gasteiger partial charge in [-0.3, -0.25) is 0 Å². The number of benzene rings is 1. The molecular weight excluding hydrogens is 206 g/mol. The monoisotopic (exact) mass is 219 g/mol. The summed E-state index contributed by atoms with van der Waals surface area (Å²) in [6, 6.07) is 6.08.